The maximum atomic E-state index is 2.35. The molecule has 1 saturated heterocycles. The highest BCUT2D eigenvalue weighted by Gasteiger charge is 2.06. The molecular formula is C7H16S. The fraction of sp³-hybridized carbons (Fsp3) is 1.00. The number of hydrogen-bond acceptors (Lipinski definition) is 1. The standard InChI is InChI=1S/C6H12S.CH4/c1-6-2-4-7-5-3-6;/h6H,2-5H2,1H3;1H4. The zero-order valence-corrected chi connectivity index (χ0v) is 5.63. The van der Waals surface area contributed by atoms with Crippen LogP contribution in [-0.2, 0) is 0 Å². The van der Waals surface area contributed by atoms with E-state index >= 15 is 0 Å². The van der Waals surface area contributed by atoms with Gasteiger partial charge in [-0.3, -0.25) is 0 Å². The lowest BCUT2D eigenvalue weighted by Gasteiger charge is -2.15. The van der Waals surface area contributed by atoms with Crippen LogP contribution in [0.5, 0.6) is 0 Å². The molecule has 0 spiro atoms. The molecule has 0 amide bonds. The van der Waals surface area contributed by atoms with Crippen molar-refractivity contribution in [2.24, 2.45) is 5.92 Å². The molecule has 1 rings (SSSR count). The van der Waals surface area contributed by atoms with Crippen molar-refractivity contribution in [2.75, 3.05) is 11.5 Å². The van der Waals surface area contributed by atoms with Crippen LogP contribution in [-0.4, -0.2) is 11.5 Å². The first-order chi connectivity index (χ1) is 3.39. The molecule has 1 aliphatic heterocycles. The zero-order chi connectivity index (χ0) is 5.11. The molecule has 1 heterocycles. The van der Waals surface area contributed by atoms with Crippen molar-refractivity contribution in [3.63, 3.8) is 0 Å². The molecule has 0 saturated carbocycles. The minimum absolute atomic E-state index is 0. The predicted octanol–water partition coefficient (Wildman–Crippen LogP) is 2.79. The van der Waals surface area contributed by atoms with E-state index in [2.05, 4.69) is 18.7 Å². The Labute approximate surface area is 57.1 Å². The van der Waals surface area contributed by atoms with E-state index < -0.39 is 0 Å². The summed E-state index contributed by atoms with van der Waals surface area (Å²) in [6.07, 6.45) is 2.90. The van der Waals surface area contributed by atoms with Crippen LogP contribution in [0.25, 0.3) is 0 Å². The van der Waals surface area contributed by atoms with Crippen molar-refractivity contribution < 1.29 is 0 Å². The SMILES string of the molecule is C.CC1CCSCC1. The Bertz CT molecular complexity index is 46.3. The third-order valence-corrected chi connectivity index (χ3v) is 2.56. The largest absolute Gasteiger partial charge is 0.162 e. The molecule has 0 aromatic rings. The Kier molecular flexibility index (Phi) is 4.44. The van der Waals surface area contributed by atoms with Gasteiger partial charge in [-0.1, -0.05) is 14.4 Å². The van der Waals surface area contributed by atoms with Gasteiger partial charge in [-0.15, -0.1) is 0 Å². The third-order valence-electron chi connectivity index (χ3n) is 1.51. The van der Waals surface area contributed by atoms with Crippen LogP contribution in [0.15, 0.2) is 0 Å². The molecule has 50 valence electrons. The van der Waals surface area contributed by atoms with Gasteiger partial charge in [0.15, 0.2) is 0 Å². The molecule has 1 heteroatoms. The summed E-state index contributed by atoms with van der Waals surface area (Å²) in [6, 6.07) is 0. The maximum absolute atomic E-state index is 2.35. The first-order valence-electron chi connectivity index (χ1n) is 2.97. The summed E-state index contributed by atoms with van der Waals surface area (Å²) in [5.74, 6) is 3.82. The minimum atomic E-state index is 0. The van der Waals surface area contributed by atoms with E-state index in [-0.39, 0.29) is 7.43 Å². The van der Waals surface area contributed by atoms with Crippen molar-refractivity contribution in [1.82, 2.24) is 0 Å². The molecular weight excluding hydrogens is 116 g/mol. The Balaban J connectivity index is 0.000000490. The van der Waals surface area contributed by atoms with Gasteiger partial charge in [-0.05, 0) is 30.3 Å². The van der Waals surface area contributed by atoms with Crippen molar-refractivity contribution in [1.29, 1.82) is 0 Å². The zero-order valence-electron chi connectivity index (χ0n) is 4.81. The topological polar surface area (TPSA) is 0 Å². The lowest BCUT2D eigenvalue weighted by Crippen LogP contribution is -2.04. The maximum Gasteiger partial charge on any atom is -0.00650 e. The summed E-state index contributed by atoms with van der Waals surface area (Å²) in [4.78, 5) is 0. The second-order valence-corrected chi connectivity index (χ2v) is 3.52. The van der Waals surface area contributed by atoms with Crippen LogP contribution in [0.1, 0.15) is 27.2 Å². The van der Waals surface area contributed by atoms with Gasteiger partial charge in [0.2, 0.25) is 0 Å². The van der Waals surface area contributed by atoms with Gasteiger partial charge in [0.05, 0.1) is 0 Å². The molecule has 0 aliphatic carbocycles. The average molecular weight is 132 g/mol. The highest BCUT2D eigenvalue weighted by Crippen LogP contribution is 2.21. The smallest absolute Gasteiger partial charge is 0.00650 e. The Morgan fingerprint density at radius 1 is 1.25 bits per heavy atom. The van der Waals surface area contributed by atoms with Crippen LogP contribution < -0.4 is 0 Å². The van der Waals surface area contributed by atoms with Gasteiger partial charge >= 0.3 is 0 Å². The molecule has 8 heavy (non-hydrogen) atoms. The number of hydrogen-bond donors (Lipinski definition) is 0. The lowest BCUT2D eigenvalue weighted by molar-refractivity contribution is 0.541. The molecule has 0 nitrogen and oxygen atoms in total. The van der Waals surface area contributed by atoms with Crippen LogP contribution in [0, 0.1) is 5.92 Å². The van der Waals surface area contributed by atoms with Crippen molar-refractivity contribution >= 4 is 11.8 Å². The second kappa shape index (κ2) is 4.25. The van der Waals surface area contributed by atoms with E-state index in [0.717, 1.165) is 5.92 Å². The third kappa shape index (κ3) is 2.61. The Hall–Kier alpha value is 0.350. The molecule has 0 aromatic heterocycles. The van der Waals surface area contributed by atoms with Crippen molar-refractivity contribution in [3.8, 4) is 0 Å². The summed E-state index contributed by atoms with van der Waals surface area (Å²) >= 11 is 2.10. The van der Waals surface area contributed by atoms with Gasteiger partial charge in [0.1, 0.15) is 0 Å². The molecule has 1 fully saturated rings. The molecule has 1 aliphatic rings. The number of thioether (sulfide) groups is 1. The molecule has 0 unspecified atom stereocenters. The molecule has 0 atom stereocenters. The highest BCUT2D eigenvalue weighted by molar-refractivity contribution is 7.99. The summed E-state index contributed by atoms with van der Waals surface area (Å²) in [7, 11) is 0. The van der Waals surface area contributed by atoms with Gasteiger partial charge in [-0.25, -0.2) is 0 Å². The van der Waals surface area contributed by atoms with E-state index in [9.17, 15) is 0 Å². The molecule has 0 aromatic carbocycles. The molecule has 0 radical (unpaired) electrons. The van der Waals surface area contributed by atoms with E-state index in [1.165, 1.54) is 24.3 Å². The van der Waals surface area contributed by atoms with Crippen LogP contribution in [0.4, 0.5) is 0 Å². The Morgan fingerprint density at radius 2 is 1.75 bits per heavy atom. The van der Waals surface area contributed by atoms with Gasteiger partial charge in [0.25, 0.3) is 0 Å². The van der Waals surface area contributed by atoms with E-state index in [4.69, 9.17) is 0 Å². The van der Waals surface area contributed by atoms with Crippen LogP contribution in [0.2, 0.25) is 0 Å². The van der Waals surface area contributed by atoms with Crippen LogP contribution in [0.3, 0.4) is 0 Å². The van der Waals surface area contributed by atoms with Gasteiger partial charge in [0, 0.05) is 0 Å². The Morgan fingerprint density at radius 3 is 2.00 bits per heavy atom. The summed E-state index contributed by atoms with van der Waals surface area (Å²) in [5.41, 5.74) is 0. The predicted molar refractivity (Wildman–Crippen MR) is 42.5 cm³/mol. The first kappa shape index (κ1) is 8.35. The van der Waals surface area contributed by atoms with Crippen LogP contribution >= 0.6 is 11.8 Å². The summed E-state index contributed by atoms with van der Waals surface area (Å²) in [5, 5.41) is 0. The fourth-order valence-electron chi connectivity index (χ4n) is 0.815. The number of rotatable bonds is 0. The fourth-order valence-corrected chi connectivity index (χ4v) is 2.16. The summed E-state index contributed by atoms with van der Waals surface area (Å²) in [6.45, 7) is 2.35. The van der Waals surface area contributed by atoms with E-state index in [0.29, 0.717) is 0 Å². The highest BCUT2D eigenvalue weighted by atomic mass is 32.2. The summed E-state index contributed by atoms with van der Waals surface area (Å²) < 4.78 is 0. The first-order valence-corrected chi connectivity index (χ1v) is 4.13. The lowest BCUT2D eigenvalue weighted by atomic mass is 10.1. The van der Waals surface area contributed by atoms with Gasteiger partial charge in [-0.2, -0.15) is 11.8 Å². The van der Waals surface area contributed by atoms with Gasteiger partial charge < -0.3 is 0 Å². The molecule has 0 N–H and O–H groups in total. The normalized spacial score (nSPS) is 22.1. The minimum Gasteiger partial charge on any atom is -0.162 e. The van der Waals surface area contributed by atoms with E-state index in [1.54, 1.807) is 0 Å². The van der Waals surface area contributed by atoms with Crippen molar-refractivity contribution in [2.45, 2.75) is 27.2 Å². The van der Waals surface area contributed by atoms with Crippen molar-refractivity contribution in [3.05, 3.63) is 0 Å². The van der Waals surface area contributed by atoms with E-state index in [1.807, 2.05) is 0 Å². The quantitative estimate of drug-likeness (QED) is 0.488. The second-order valence-electron chi connectivity index (χ2n) is 2.29. The molecule has 0 bridgehead atoms. The average Bonchev–Trinajstić information content (AvgIpc) is 1.69. The monoisotopic (exact) mass is 132 g/mol.